The Balaban J connectivity index is 1.73. The summed E-state index contributed by atoms with van der Waals surface area (Å²) in [5.74, 6) is -1.16. The maximum atomic E-state index is 14.0. The predicted octanol–water partition coefficient (Wildman–Crippen LogP) is 6.68. The van der Waals surface area contributed by atoms with Crippen LogP contribution in [0.25, 0.3) is 0 Å². The molecule has 0 fully saturated rings. The molecule has 0 aliphatic carbocycles. The van der Waals surface area contributed by atoms with Crippen molar-refractivity contribution in [3.63, 3.8) is 0 Å². The number of halogens is 3. The molecular weight excluding hydrogens is 473 g/mol. The maximum Gasteiger partial charge on any atom is 0.194 e. The molecule has 7 heteroatoms. The van der Waals surface area contributed by atoms with Gasteiger partial charge in [-0.25, -0.2) is 4.39 Å². The number of nitrogens with zero attached hydrogens (tertiary/aromatic N) is 1. The van der Waals surface area contributed by atoms with Gasteiger partial charge in [-0.15, -0.1) is 0 Å². The smallest absolute Gasteiger partial charge is 0.194 e. The van der Waals surface area contributed by atoms with Crippen LogP contribution in [0.4, 0.5) is 4.39 Å². The zero-order chi connectivity index (χ0) is 21.7. The van der Waals surface area contributed by atoms with E-state index < -0.39 is 23.6 Å². The van der Waals surface area contributed by atoms with Crippen LogP contribution in [0.5, 0.6) is 17.2 Å². The molecule has 152 valence electrons. The second kappa shape index (κ2) is 9.75. The third-order valence-corrected chi connectivity index (χ3v) is 4.96. The highest BCUT2D eigenvalue weighted by Crippen LogP contribution is 2.30. The van der Waals surface area contributed by atoms with Crippen LogP contribution in [-0.2, 0) is 4.79 Å². The molecule has 0 aliphatic rings. The van der Waals surface area contributed by atoms with Gasteiger partial charge in [0.25, 0.3) is 0 Å². The Bertz CT molecular complexity index is 1120. The van der Waals surface area contributed by atoms with Crippen LogP contribution in [-0.4, -0.2) is 11.9 Å². The van der Waals surface area contributed by atoms with E-state index in [-0.39, 0.29) is 5.75 Å². The van der Waals surface area contributed by atoms with Crippen molar-refractivity contribution in [1.82, 2.24) is 0 Å². The largest absolute Gasteiger partial charge is 0.483 e. The fraction of sp³-hybridized carbons (Fsp3) is 0.130. The molecule has 2 unspecified atom stereocenters. The number of benzene rings is 3. The van der Waals surface area contributed by atoms with Crippen LogP contribution in [0.2, 0.25) is 5.02 Å². The first-order valence-corrected chi connectivity index (χ1v) is 10.1. The first-order chi connectivity index (χ1) is 14.4. The molecule has 0 saturated heterocycles. The lowest BCUT2D eigenvalue weighted by molar-refractivity contribution is -0.125. The first-order valence-electron chi connectivity index (χ1n) is 8.96. The summed E-state index contributed by atoms with van der Waals surface area (Å²) >= 11 is 9.16. The van der Waals surface area contributed by atoms with E-state index in [1.807, 2.05) is 6.07 Å². The number of ether oxygens (including phenoxy) is 2. The summed E-state index contributed by atoms with van der Waals surface area (Å²) < 4.78 is 25.9. The molecule has 3 rings (SSSR count). The number of hydrogen-bond donors (Lipinski definition) is 0. The van der Waals surface area contributed by atoms with E-state index in [0.29, 0.717) is 26.6 Å². The number of hydrogen-bond acceptors (Lipinski definition) is 4. The minimum atomic E-state index is -1.00. The zero-order valence-corrected chi connectivity index (χ0v) is 18.2. The molecule has 0 aliphatic heterocycles. The molecule has 0 heterocycles. The Kier molecular flexibility index (Phi) is 7.09. The molecule has 4 nitrogen and oxygen atoms in total. The minimum absolute atomic E-state index is 0.0602. The van der Waals surface area contributed by atoms with Crippen molar-refractivity contribution < 1.29 is 18.7 Å². The van der Waals surface area contributed by atoms with E-state index in [0.717, 1.165) is 0 Å². The number of ketones is 1. The minimum Gasteiger partial charge on any atom is -0.483 e. The lowest BCUT2D eigenvalue weighted by atomic mass is 9.93. The van der Waals surface area contributed by atoms with Crippen LogP contribution in [0.1, 0.15) is 18.4 Å². The van der Waals surface area contributed by atoms with Crippen molar-refractivity contribution in [3.05, 3.63) is 87.6 Å². The van der Waals surface area contributed by atoms with Crippen LogP contribution in [0.3, 0.4) is 0 Å². The van der Waals surface area contributed by atoms with E-state index in [1.165, 1.54) is 12.1 Å². The van der Waals surface area contributed by atoms with Crippen LogP contribution < -0.4 is 9.47 Å². The molecule has 0 aromatic heterocycles. The Hall–Kier alpha value is -2.88. The topological polar surface area (TPSA) is 59.3 Å². The molecule has 3 aromatic carbocycles. The van der Waals surface area contributed by atoms with Gasteiger partial charge in [0.1, 0.15) is 17.4 Å². The van der Waals surface area contributed by atoms with Crippen LogP contribution in [0.15, 0.2) is 71.2 Å². The fourth-order valence-corrected chi connectivity index (χ4v) is 3.31. The van der Waals surface area contributed by atoms with E-state index in [2.05, 4.69) is 15.9 Å². The predicted molar refractivity (Wildman–Crippen MR) is 116 cm³/mol. The average molecular weight is 489 g/mol. The summed E-state index contributed by atoms with van der Waals surface area (Å²) in [5, 5.41) is 9.92. The standard InChI is InChI=1S/C23H16BrClFNO3/c1-14(23(28)20(13-27)15-4-2-5-17(25)10-15)29-18-6-3-7-19(12-18)30-22-9-8-16(24)11-21(22)26/h2-12,14,20H,1H3. The number of carbonyl (C=O) groups excluding carboxylic acids is 1. The summed E-state index contributed by atoms with van der Waals surface area (Å²) in [4.78, 5) is 12.8. The van der Waals surface area contributed by atoms with E-state index >= 15 is 0 Å². The molecule has 0 amide bonds. The van der Waals surface area contributed by atoms with Crippen LogP contribution in [0, 0.1) is 17.1 Å². The second-order valence-electron chi connectivity index (χ2n) is 6.43. The Morgan fingerprint density at radius 2 is 1.83 bits per heavy atom. The highest BCUT2D eigenvalue weighted by molar-refractivity contribution is 9.10. The molecule has 0 N–H and O–H groups in total. The van der Waals surface area contributed by atoms with Gasteiger partial charge in [0.2, 0.25) is 0 Å². The van der Waals surface area contributed by atoms with Crippen molar-refractivity contribution in [1.29, 1.82) is 5.26 Å². The van der Waals surface area contributed by atoms with Crippen molar-refractivity contribution in [2.45, 2.75) is 18.9 Å². The third kappa shape index (κ3) is 5.38. The van der Waals surface area contributed by atoms with Gasteiger partial charge in [-0.3, -0.25) is 4.79 Å². The number of nitriles is 1. The van der Waals surface area contributed by atoms with Gasteiger partial charge in [-0.2, -0.15) is 5.26 Å². The van der Waals surface area contributed by atoms with Gasteiger partial charge in [-0.1, -0.05) is 45.7 Å². The molecule has 2 atom stereocenters. The normalized spacial score (nSPS) is 12.5. The van der Waals surface area contributed by atoms with E-state index in [4.69, 9.17) is 21.1 Å². The Morgan fingerprint density at radius 3 is 2.53 bits per heavy atom. The summed E-state index contributed by atoms with van der Waals surface area (Å²) in [7, 11) is 0. The van der Waals surface area contributed by atoms with Gasteiger partial charge >= 0.3 is 0 Å². The monoisotopic (exact) mass is 487 g/mol. The molecule has 0 saturated carbocycles. The van der Waals surface area contributed by atoms with E-state index in [9.17, 15) is 14.4 Å². The molecule has 30 heavy (non-hydrogen) atoms. The fourth-order valence-electron chi connectivity index (χ4n) is 2.78. The Labute approximate surface area is 186 Å². The van der Waals surface area contributed by atoms with Crippen molar-refractivity contribution in [2.75, 3.05) is 0 Å². The van der Waals surface area contributed by atoms with Crippen molar-refractivity contribution in [3.8, 4) is 23.3 Å². The number of carbonyl (C=O) groups is 1. The molecule has 0 bridgehead atoms. The third-order valence-electron chi connectivity index (χ3n) is 4.24. The first kappa shape index (κ1) is 21.8. The summed E-state index contributed by atoms with van der Waals surface area (Å²) in [5.41, 5.74) is 0.508. The van der Waals surface area contributed by atoms with Crippen LogP contribution >= 0.6 is 27.5 Å². The number of Topliss-reactive ketones (excluding diaryl/α,β-unsaturated/α-hetero) is 1. The molecular formula is C23H16BrClFNO3. The number of rotatable bonds is 7. The van der Waals surface area contributed by atoms with Crippen molar-refractivity contribution >= 4 is 33.3 Å². The van der Waals surface area contributed by atoms with Gasteiger partial charge in [-0.05, 0) is 55.0 Å². The molecule has 3 aromatic rings. The summed E-state index contributed by atoms with van der Waals surface area (Å²) in [6.45, 7) is 1.57. The second-order valence-corrected chi connectivity index (χ2v) is 7.78. The van der Waals surface area contributed by atoms with Gasteiger partial charge in [0, 0.05) is 15.6 Å². The highest BCUT2D eigenvalue weighted by Gasteiger charge is 2.27. The maximum absolute atomic E-state index is 14.0. The van der Waals surface area contributed by atoms with Gasteiger partial charge < -0.3 is 9.47 Å². The van der Waals surface area contributed by atoms with E-state index in [1.54, 1.807) is 61.5 Å². The lowest BCUT2D eigenvalue weighted by Crippen LogP contribution is -2.28. The lowest BCUT2D eigenvalue weighted by Gasteiger charge is -2.17. The quantitative estimate of drug-likeness (QED) is 0.372. The molecule has 0 spiro atoms. The average Bonchev–Trinajstić information content (AvgIpc) is 2.71. The summed E-state index contributed by atoms with van der Waals surface area (Å²) in [6.07, 6.45) is -0.895. The van der Waals surface area contributed by atoms with Gasteiger partial charge in [0.05, 0.1) is 6.07 Å². The van der Waals surface area contributed by atoms with Crippen molar-refractivity contribution in [2.24, 2.45) is 0 Å². The highest BCUT2D eigenvalue weighted by atomic mass is 79.9. The molecule has 0 radical (unpaired) electrons. The van der Waals surface area contributed by atoms with Gasteiger partial charge in [0.15, 0.2) is 23.5 Å². The zero-order valence-electron chi connectivity index (χ0n) is 15.8. The Morgan fingerprint density at radius 1 is 1.10 bits per heavy atom. The summed E-state index contributed by atoms with van der Waals surface area (Å²) in [6, 6.07) is 19.6. The SMILES string of the molecule is CC(Oc1cccc(Oc2ccc(Br)cc2F)c1)C(=O)C(C#N)c1cccc(Cl)c1.